The Balaban J connectivity index is 1.97. The molecule has 1 heterocycles. The molecular formula is C12H13Cl2N5O. The van der Waals surface area contributed by atoms with Crippen LogP contribution in [0.5, 0.6) is 0 Å². The molecule has 0 aliphatic heterocycles. The van der Waals surface area contributed by atoms with Crippen LogP contribution in [-0.4, -0.2) is 27.2 Å². The Kier molecular flexibility index (Phi) is 4.46. The van der Waals surface area contributed by atoms with Crippen molar-refractivity contribution in [3.05, 3.63) is 39.9 Å². The van der Waals surface area contributed by atoms with Crippen LogP contribution in [0.1, 0.15) is 16.2 Å². The number of nitrogen functional groups attached to an aromatic ring is 1. The van der Waals surface area contributed by atoms with Crippen LogP contribution in [0, 0.1) is 0 Å². The number of hydrogen-bond acceptors (Lipinski definition) is 4. The first-order valence-electron chi connectivity index (χ1n) is 5.84. The summed E-state index contributed by atoms with van der Waals surface area (Å²) < 4.78 is 1.79. The molecule has 1 aromatic heterocycles. The van der Waals surface area contributed by atoms with E-state index in [-0.39, 0.29) is 21.6 Å². The molecule has 1 amide bonds. The lowest BCUT2D eigenvalue weighted by atomic mass is 10.2. The average molecular weight is 314 g/mol. The van der Waals surface area contributed by atoms with Crippen LogP contribution in [0.4, 0.5) is 5.69 Å². The predicted octanol–water partition coefficient (Wildman–Crippen LogP) is 1.68. The van der Waals surface area contributed by atoms with E-state index in [0.717, 1.165) is 5.82 Å². The molecule has 0 saturated heterocycles. The van der Waals surface area contributed by atoms with Crippen LogP contribution in [0.15, 0.2) is 18.5 Å². The highest BCUT2D eigenvalue weighted by Crippen LogP contribution is 2.28. The van der Waals surface area contributed by atoms with E-state index < -0.39 is 0 Å². The maximum atomic E-state index is 12.0. The SMILES string of the molecule is Cn1cnnc1CCNC(=O)c1cc(Cl)c(N)c(Cl)c1. The molecule has 0 spiro atoms. The molecule has 0 saturated carbocycles. The summed E-state index contributed by atoms with van der Waals surface area (Å²) in [5, 5.41) is 11.0. The Morgan fingerprint density at radius 2 is 2.05 bits per heavy atom. The van der Waals surface area contributed by atoms with E-state index in [4.69, 9.17) is 28.9 Å². The molecule has 0 fully saturated rings. The van der Waals surface area contributed by atoms with Gasteiger partial charge in [-0.25, -0.2) is 0 Å². The first kappa shape index (κ1) is 14.6. The van der Waals surface area contributed by atoms with Crippen molar-refractivity contribution in [2.75, 3.05) is 12.3 Å². The van der Waals surface area contributed by atoms with E-state index in [1.807, 2.05) is 7.05 Å². The van der Waals surface area contributed by atoms with Crippen molar-refractivity contribution in [3.63, 3.8) is 0 Å². The number of hydrogen-bond donors (Lipinski definition) is 2. The van der Waals surface area contributed by atoms with Gasteiger partial charge in [-0.15, -0.1) is 10.2 Å². The topological polar surface area (TPSA) is 85.8 Å². The maximum absolute atomic E-state index is 12.0. The molecule has 106 valence electrons. The Bertz CT molecular complexity index is 618. The molecule has 0 radical (unpaired) electrons. The smallest absolute Gasteiger partial charge is 0.251 e. The van der Waals surface area contributed by atoms with Crippen LogP contribution in [0.3, 0.4) is 0 Å². The second-order valence-corrected chi connectivity index (χ2v) is 5.03. The molecular weight excluding hydrogens is 301 g/mol. The van der Waals surface area contributed by atoms with Crippen molar-refractivity contribution in [1.29, 1.82) is 0 Å². The predicted molar refractivity (Wildman–Crippen MR) is 77.9 cm³/mol. The number of carbonyl (C=O) groups is 1. The number of nitrogens with zero attached hydrogens (tertiary/aromatic N) is 3. The second-order valence-electron chi connectivity index (χ2n) is 4.22. The summed E-state index contributed by atoms with van der Waals surface area (Å²) in [4.78, 5) is 12.0. The normalized spacial score (nSPS) is 10.6. The van der Waals surface area contributed by atoms with Crippen LogP contribution in [0.2, 0.25) is 10.0 Å². The van der Waals surface area contributed by atoms with Gasteiger partial charge in [0.25, 0.3) is 5.91 Å². The van der Waals surface area contributed by atoms with Gasteiger partial charge in [-0.1, -0.05) is 23.2 Å². The Hall–Kier alpha value is -1.79. The van der Waals surface area contributed by atoms with E-state index in [1.54, 1.807) is 10.9 Å². The van der Waals surface area contributed by atoms with Crippen molar-refractivity contribution < 1.29 is 4.79 Å². The zero-order valence-corrected chi connectivity index (χ0v) is 12.2. The van der Waals surface area contributed by atoms with Crippen LogP contribution in [0.25, 0.3) is 0 Å². The largest absolute Gasteiger partial charge is 0.396 e. The number of nitrogens with two attached hydrogens (primary N) is 1. The number of halogens is 2. The quantitative estimate of drug-likeness (QED) is 0.841. The minimum Gasteiger partial charge on any atom is -0.396 e. The van der Waals surface area contributed by atoms with Gasteiger partial charge in [0.1, 0.15) is 12.2 Å². The number of carbonyl (C=O) groups excluding carboxylic acids is 1. The fourth-order valence-corrected chi connectivity index (χ4v) is 2.13. The van der Waals surface area contributed by atoms with Crippen molar-refractivity contribution >= 4 is 34.8 Å². The van der Waals surface area contributed by atoms with E-state index in [9.17, 15) is 4.79 Å². The summed E-state index contributed by atoms with van der Waals surface area (Å²) in [6.45, 7) is 0.435. The van der Waals surface area contributed by atoms with Crippen LogP contribution < -0.4 is 11.1 Å². The molecule has 0 aliphatic carbocycles. The van der Waals surface area contributed by atoms with Gasteiger partial charge in [-0.3, -0.25) is 4.79 Å². The maximum Gasteiger partial charge on any atom is 0.251 e. The van der Waals surface area contributed by atoms with Gasteiger partial charge in [0.2, 0.25) is 0 Å². The molecule has 8 heteroatoms. The third kappa shape index (κ3) is 3.20. The Morgan fingerprint density at radius 1 is 1.40 bits per heavy atom. The summed E-state index contributed by atoms with van der Waals surface area (Å²) in [6.07, 6.45) is 2.19. The highest BCUT2D eigenvalue weighted by Gasteiger charge is 2.11. The van der Waals surface area contributed by atoms with Gasteiger partial charge in [0, 0.05) is 25.6 Å². The Labute approximate surface area is 125 Å². The second kappa shape index (κ2) is 6.11. The van der Waals surface area contributed by atoms with Gasteiger partial charge in [0.05, 0.1) is 15.7 Å². The lowest BCUT2D eigenvalue weighted by molar-refractivity contribution is 0.0954. The summed E-state index contributed by atoms with van der Waals surface area (Å²) in [5.41, 5.74) is 6.25. The van der Waals surface area contributed by atoms with Crippen molar-refractivity contribution in [3.8, 4) is 0 Å². The third-order valence-corrected chi connectivity index (χ3v) is 3.41. The zero-order valence-electron chi connectivity index (χ0n) is 10.7. The van der Waals surface area contributed by atoms with E-state index in [1.165, 1.54) is 12.1 Å². The van der Waals surface area contributed by atoms with Crippen molar-refractivity contribution in [1.82, 2.24) is 20.1 Å². The average Bonchev–Trinajstić information content (AvgIpc) is 2.81. The Morgan fingerprint density at radius 3 is 2.60 bits per heavy atom. The monoisotopic (exact) mass is 313 g/mol. The zero-order chi connectivity index (χ0) is 14.7. The number of benzene rings is 1. The number of anilines is 1. The highest BCUT2D eigenvalue weighted by atomic mass is 35.5. The van der Waals surface area contributed by atoms with E-state index in [0.29, 0.717) is 18.5 Å². The lowest BCUT2D eigenvalue weighted by Crippen LogP contribution is -2.26. The summed E-state index contributed by atoms with van der Waals surface area (Å²) in [5.74, 6) is 0.523. The van der Waals surface area contributed by atoms with Crippen LogP contribution in [-0.2, 0) is 13.5 Å². The highest BCUT2D eigenvalue weighted by molar-refractivity contribution is 6.39. The lowest BCUT2D eigenvalue weighted by Gasteiger charge is -2.07. The number of aryl methyl sites for hydroxylation is 1. The first-order chi connectivity index (χ1) is 9.49. The molecule has 0 unspecified atom stereocenters. The fourth-order valence-electron chi connectivity index (χ4n) is 1.64. The first-order valence-corrected chi connectivity index (χ1v) is 6.60. The molecule has 0 atom stereocenters. The molecule has 2 aromatic rings. The van der Waals surface area contributed by atoms with Crippen molar-refractivity contribution in [2.24, 2.45) is 7.05 Å². The number of amides is 1. The molecule has 0 aliphatic rings. The van der Waals surface area contributed by atoms with Gasteiger partial charge in [-0.2, -0.15) is 0 Å². The molecule has 1 aromatic carbocycles. The molecule has 0 bridgehead atoms. The number of rotatable bonds is 4. The van der Waals surface area contributed by atoms with Gasteiger partial charge < -0.3 is 15.6 Å². The van der Waals surface area contributed by atoms with E-state index >= 15 is 0 Å². The summed E-state index contributed by atoms with van der Waals surface area (Å²) in [6, 6.07) is 2.97. The molecule has 20 heavy (non-hydrogen) atoms. The van der Waals surface area contributed by atoms with Crippen LogP contribution >= 0.6 is 23.2 Å². The van der Waals surface area contributed by atoms with Gasteiger partial charge >= 0.3 is 0 Å². The van der Waals surface area contributed by atoms with E-state index in [2.05, 4.69) is 15.5 Å². The number of nitrogens with one attached hydrogen (secondary N) is 1. The van der Waals surface area contributed by atoms with Gasteiger partial charge in [0.15, 0.2) is 0 Å². The third-order valence-electron chi connectivity index (χ3n) is 2.78. The fraction of sp³-hybridized carbons (Fsp3) is 0.250. The summed E-state index contributed by atoms with van der Waals surface area (Å²) >= 11 is 11.8. The molecule has 3 N–H and O–H groups in total. The number of aromatic nitrogens is 3. The molecule has 6 nitrogen and oxygen atoms in total. The molecule has 2 rings (SSSR count). The van der Waals surface area contributed by atoms with Gasteiger partial charge in [-0.05, 0) is 12.1 Å². The van der Waals surface area contributed by atoms with Crippen molar-refractivity contribution in [2.45, 2.75) is 6.42 Å². The minimum absolute atomic E-state index is 0.260. The summed E-state index contributed by atoms with van der Waals surface area (Å²) in [7, 11) is 1.84. The minimum atomic E-state index is -0.268. The standard InChI is InChI=1S/C12H13Cl2N5O/c1-19-6-17-18-10(19)2-3-16-12(20)7-4-8(13)11(15)9(14)5-7/h4-6H,2-3,15H2,1H3,(H,16,20).